The Morgan fingerprint density at radius 3 is 2.64 bits per heavy atom. The molecule has 0 aliphatic carbocycles. The van der Waals surface area contributed by atoms with E-state index in [4.69, 9.17) is 10.8 Å². The number of hydrogen-bond donors (Lipinski definition) is 5. The molecule has 0 spiro atoms. The maximum Gasteiger partial charge on any atom is 0.405 e. The molecule has 0 saturated carbocycles. The molecule has 1 aliphatic rings. The topological polar surface area (TPSA) is 116 Å². The number of thioether (sulfide) groups is 1. The van der Waals surface area contributed by atoms with E-state index in [1.165, 1.54) is 0 Å². The molecule has 0 radical (unpaired) electrons. The van der Waals surface area contributed by atoms with Gasteiger partial charge in [-0.05, 0) is 6.42 Å². The molecule has 0 aromatic heterocycles. The maximum absolute atomic E-state index is 10.5. The Labute approximate surface area is 85.5 Å². The monoisotopic (exact) mass is 222 g/mol. The summed E-state index contributed by atoms with van der Waals surface area (Å²) in [6, 6.07) is 0. The minimum absolute atomic E-state index is 0.0583. The summed E-state index contributed by atoms with van der Waals surface area (Å²) in [5.74, 6) is 0.463. The number of hydrogen-bond acceptors (Lipinski definition) is 5. The highest BCUT2D eigenvalue weighted by atomic mass is 32.2. The quantitative estimate of drug-likeness (QED) is 0.387. The predicted molar refractivity (Wildman–Crippen MR) is 51.8 cm³/mol. The van der Waals surface area contributed by atoms with Crippen molar-refractivity contribution in [2.45, 2.75) is 23.5 Å². The highest BCUT2D eigenvalue weighted by molar-refractivity contribution is 8.00. The largest absolute Gasteiger partial charge is 0.465 e. The van der Waals surface area contributed by atoms with Gasteiger partial charge in [0.15, 0.2) is 0 Å². The first kappa shape index (κ1) is 11.6. The summed E-state index contributed by atoms with van der Waals surface area (Å²) in [5.41, 5.74) is 4.53. The minimum atomic E-state index is -1.89. The maximum atomic E-state index is 10.5. The van der Waals surface area contributed by atoms with Crippen molar-refractivity contribution in [1.29, 1.82) is 0 Å². The molecular formula is C7H14N2O4S. The Bertz CT molecular complexity index is 236. The van der Waals surface area contributed by atoms with Crippen molar-refractivity contribution >= 4 is 17.9 Å². The van der Waals surface area contributed by atoms with Crippen molar-refractivity contribution in [2.75, 3.05) is 12.3 Å². The molecule has 1 atom stereocenters. The van der Waals surface area contributed by atoms with Crippen LogP contribution in [0.5, 0.6) is 0 Å². The second-order valence-corrected chi connectivity index (χ2v) is 4.78. The third-order valence-electron chi connectivity index (χ3n) is 2.25. The number of carboxylic acid groups (broad SMARTS) is 1. The molecule has 6 N–H and O–H groups in total. The zero-order valence-corrected chi connectivity index (χ0v) is 8.38. The van der Waals surface area contributed by atoms with Crippen molar-refractivity contribution in [3.63, 3.8) is 0 Å². The molecule has 1 heterocycles. The van der Waals surface area contributed by atoms with Crippen LogP contribution in [0.3, 0.4) is 0 Å². The molecule has 1 unspecified atom stereocenters. The lowest BCUT2D eigenvalue weighted by atomic mass is 9.91. The van der Waals surface area contributed by atoms with Gasteiger partial charge in [0.1, 0.15) is 0 Å². The van der Waals surface area contributed by atoms with E-state index >= 15 is 0 Å². The van der Waals surface area contributed by atoms with E-state index < -0.39 is 16.8 Å². The molecule has 0 aromatic carbocycles. The lowest BCUT2D eigenvalue weighted by molar-refractivity contribution is -0.101. The lowest BCUT2D eigenvalue weighted by Crippen LogP contribution is -2.59. The van der Waals surface area contributed by atoms with Gasteiger partial charge in [0.2, 0.25) is 5.12 Å². The predicted octanol–water partition coefficient (Wildman–Crippen LogP) is -0.883. The second-order valence-electron chi connectivity index (χ2n) is 3.43. The summed E-state index contributed by atoms with van der Waals surface area (Å²) in [7, 11) is 0. The molecular weight excluding hydrogens is 208 g/mol. The van der Waals surface area contributed by atoms with Gasteiger partial charge in [-0.15, -0.1) is 0 Å². The average Bonchev–Trinajstić information content (AvgIpc) is 2.01. The Balaban J connectivity index is 2.73. The van der Waals surface area contributed by atoms with Crippen molar-refractivity contribution in [1.82, 2.24) is 5.32 Å². The molecule has 0 bridgehead atoms. The molecule has 1 saturated heterocycles. The van der Waals surface area contributed by atoms with Gasteiger partial charge in [0, 0.05) is 18.7 Å². The highest BCUT2D eigenvalue weighted by Gasteiger charge is 2.43. The van der Waals surface area contributed by atoms with Gasteiger partial charge in [-0.2, -0.15) is 0 Å². The summed E-state index contributed by atoms with van der Waals surface area (Å²) in [6.45, 7) is 0.0583. The van der Waals surface area contributed by atoms with Gasteiger partial charge >= 0.3 is 6.09 Å². The van der Waals surface area contributed by atoms with Gasteiger partial charge in [-0.1, -0.05) is 11.8 Å². The molecule has 82 valence electrons. The lowest BCUT2D eigenvalue weighted by Gasteiger charge is -2.41. The molecule has 1 rings (SSSR count). The standard InChI is InChI=1S/C7H14N2O4S/c8-4-6(9-5(10)11)1-2-14-7(12,13)3-6/h9,12-13H,1-4,8H2,(H,10,11). The summed E-state index contributed by atoms with van der Waals surface area (Å²) < 4.78 is 0. The van der Waals surface area contributed by atoms with E-state index in [-0.39, 0.29) is 13.0 Å². The van der Waals surface area contributed by atoms with Gasteiger partial charge in [-0.25, -0.2) is 4.79 Å². The first-order chi connectivity index (χ1) is 6.39. The van der Waals surface area contributed by atoms with Crippen LogP contribution < -0.4 is 11.1 Å². The van der Waals surface area contributed by atoms with E-state index in [0.29, 0.717) is 12.2 Å². The van der Waals surface area contributed by atoms with Crippen molar-refractivity contribution in [2.24, 2.45) is 5.73 Å². The first-order valence-corrected chi connectivity index (χ1v) is 5.18. The Morgan fingerprint density at radius 1 is 1.57 bits per heavy atom. The third-order valence-corrected chi connectivity index (χ3v) is 3.26. The van der Waals surface area contributed by atoms with Crippen LogP contribution in [0.25, 0.3) is 0 Å². The summed E-state index contributed by atoms with van der Waals surface area (Å²) in [6.07, 6.45) is -0.783. The second kappa shape index (κ2) is 3.93. The summed E-state index contributed by atoms with van der Waals surface area (Å²) in [4.78, 5) is 10.5. The van der Waals surface area contributed by atoms with Crippen LogP contribution in [0.1, 0.15) is 12.8 Å². The number of nitrogens with one attached hydrogen (secondary N) is 1. The Hall–Kier alpha value is -0.500. The highest BCUT2D eigenvalue weighted by Crippen LogP contribution is 2.37. The van der Waals surface area contributed by atoms with Crippen LogP contribution in [-0.4, -0.2) is 44.4 Å². The van der Waals surface area contributed by atoms with Crippen molar-refractivity contribution < 1.29 is 20.1 Å². The molecule has 1 amide bonds. The smallest absolute Gasteiger partial charge is 0.405 e. The molecule has 0 aromatic rings. The fourth-order valence-electron chi connectivity index (χ4n) is 1.55. The van der Waals surface area contributed by atoms with Crippen LogP contribution in [0.2, 0.25) is 0 Å². The van der Waals surface area contributed by atoms with E-state index in [2.05, 4.69) is 5.32 Å². The van der Waals surface area contributed by atoms with Gasteiger partial charge in [0.25, 0.3) is 0 Å². The molecule has 7 heteroatoms. The molecule has 6 nitrogen and oxygen atoms in total. The average molecular weight is 222 g/mol. The molecule has 1 fully saturated rings. The number of nitrogens with two attached hydrogens (primary N) is 1. The fraction of sp³-hybridized carbons (Fsp3) is 0.857. The van der Waals surface area contributed by atoms with Crippen LogP contribution in [0.4, 0.5) is 4.79 Å². The van der Waals surface area contributed by atoms with Crippen LogP contribution >= 0.6 is 11.8 Å². The van der Waals surface area contributed by atoms with E-state index in [0.717, 1.165) is 11.8 Å². The normalized spacial score (nSPS) is 31.1. The van der Waals surface area contributed by atoms with Gasteiger partial charge < -0.3 is 26.4 Å². The van der Waals surface area contributed by atoms with Crippen LogP contribution in [-0.2, 0) is 0 Å². The number of carbonyl (C=O) groups is 1. The minimum Gasteiger partial charge on any atom is -0.465 e. The first-order valence-electron chi connectivity index (χ1n) is 4.19. The van der Waals surface area contributed by atoms with Gasteiger partial charge in [-0.3, -0.25) is 0 Å². The fourth-order valence-corrected chi connectivity index (χ4v) is 2.75. The molecule has 1 aliphatic heterocycles. The van der Waals surface area contributed by atoms with Crippen molar-refractivity contribution in [3.05, 3.63) is 0 Å². The Morgan fingerprint density at radius 2 is 2.21 bits per heavy atom. The zero-order chi connectivity index (χ0) is 10.8. The van der Waals surface area contributed by atoms with E-state index in [1.807, 2.05) is 0 Å². The molecule has 14 heavy (non-hydrogen) atoms. The van der Waals surface area contributed by atoms with E-state index in [9.17, 15) is 15.0 Å². The number of rotatable bonds is 2. The Kier molecular flexibility index (Phi) is 3.25. The van der Waals surface area contributed by atoms with E-state index in [1.54, 1.807) is 0 Å². The van der Waals surface area contributed by atoms with Crippen molar-refractivity contribution in [3.8, 4) is 0 Å². The van der Waals surface area contributed by atoms with Crippen LogP contribution in [0.15, 0.2) is 0 Å². The number of amides is 1. The van der Waals surface area contributed by atoms with Gasteiger partial charge in [0.05, 0.1) is 5.54 Å². The summed E-state index contributed by atoms with van der Waals surface area (Å²) >= 11 is 0.988. The van der Waals surface area contributed by atoms with Crippen LogP contribution in [0, 0.1) is 0 Å². The SMILES string of the molecule is NCC1(NC(=O)O)CCSC(O)(O)C1. The summed E-state index contributed by atoms with van der Waals surface area (Å²) in [5, 5.41) is 27.7. The zero-order valence-electron chi connectivity index (χ0n) is 7.56. The third kappa shape index (κ3) is 2.74. The number of aliphatic hydroxyl groups is 2.